The van der Waals surface area contributed by atoms with Crippen molar-refractivity contribution in [1.29, 1.82) is 0 Å². The van der Waals surface area contributed by atoms with Crippen LogP contribution in [0.5, 0.6) is 5.88 Å². The first-order chi connectivity index (χ1) is 22.2. The smallest absolute Gasteiger partial charge is 0.306 e. The molecule has 2 N–H and O–H groups in total. The molecule has 0 radical (unpaired) electrons. The fourth-order valence-electron chi connectivity index (χ4n) is 5.72. The van der Waals surface area contributed by atoms with Gasteiger partial charge in [-0.3, -0.25) is 14.4 Å². The Morgan fingerprint density at radius 2 is 1.85 bits per heavy atom. The molecule has 0 spiro atoms. The highest BCUT2D eigenvalue weighted by molar-refractivity contribution is 7.13. The molecule has 3 aromatic rings. The standard InChI is InChI=1S/C35H48N4O7S/c1-21(2)31(28-18-29(38-46-28)44-16-10-8-9-11-30(41)45-35(5,6)7)34(43)39-19-26(40)17-27(39)33(42)37-22(3)24-12-14-25(15-13-24)32-23(4)36-20-47-32/h12-15,18,20-22,26-27,31,40H,8-11,16-17,19H2,1-7H3,(H,37,42)/t22-,26+,27-,31+/m0/s1. The minimum atomic E-state index is -0.820. The Kier molecular flexibility index (Phi) is 12.2. The number of β-amino-alcohol motifs (C(OH)–C–C–N with tert-alkyl or cyclic N) is 1. The van der Waals surface area contributed by atoms with Crippen molar-refractivity contribution < 1.29 is 33.5 Å². The summed E-state index contributed by atoms with van der Waals surface area (Å²) in [6, 6.07) is 8.49. The van der Waals surface area contributed by atoms with Gasteiger partial charge in [0.05, 0.1) is 34.8 Å². The Morgan fingerprint density at radius 3 is 2.49 bits per heavy atom. The number of benzene rings is 1. The van der Waals surface area contributed by atoms with Gasteiger partial charge in [-0.05, 0) is 76.1 Å². The molecule has 1 saturated heterocycles. The molecular weight excluding hydrogens is 620 g/mol. The summed E-state index contributed by atoms with van der Waals surface area (Å²) < 4.78 is 16.6. The molecule has 1 aliphatic heterocycles. The zero-order chi connectivity index (χ0) is 34.3. The summed E-state index contributed by atoms with van der Waals surface area (Å²) in [6.45, 7) is 13.7. The lowest BCUT2D eigenvalue weighted by molar-refractivity contribution is -0.155. The number of amides is 2. The number of aryl methyl sites for hydroxylation is 1. The van der Waals surface area contributed by atoms with Gasteiger partial charge in [-0.25, -0.2) is 4.98 Å². The van der Waals surface area contributed by atoms with E-state index in [4.69, 9.17) is 14.0 Å². The Bertz CT molecular complexity index is 1490. The van der Waals surface area contributed by atoms with Gasteiger partial charge in [-0.2, -0.15) is 0 Å². The summed E-state index contributed by atoms with van der Waals surface area (Å²) in [5, 5.41) is 17.6. The van der Waals surface area contributed by atoms with Crippen LogP contribution in [0.25, 0.3) is 10.4 Å². The van der Waals surface area contributed by atoms with Gasteiger partial charge in [0, 0.05) is 25.5 Å². The van der Waals surface area contributed by atoms with Crippen molar-refractivity contribution in [2.75, 3.05) is 13.2 Å². The predicted octanol–water partition coefficient (Wildman–Crippen LogP) is 5.97. The highest BCUT2D eigenvalue weighted by Gasteiger charge is 2.43. The maximum atomic E-state index is 13.9. The average Bonchev–Trinajstić information content (AvgIpc) is 3.74. The van der Waals surface area contributed by atoms with Crippen molar-refractivity contribution in [1.82, 2.24) is 20.4 Å². The molecule has 1 aromatic carbocycles. The van der Waals surface area contributed by atoms with Crippen molar-refractivity contribution in [2.24, 2.45) is 5.92 Å². The van der Waals surface area contributed by atoms with Crippen molar-refractivity contribution in [2.45, 2.75) is 110 Å². The Hall–Kier alpha value is -3.77. The van der Waals surface area contributed by atoms with E-state index in [9.17, 15) is 19.5 Å². The molecule has 1 fully saturated rings. The van der Waals surface area contributed by atoms with Crippen LogP contribution in [0.3, 0.4) is 0 Å². The zero-order valence-corrected chi connectivity index (χ0v) is 29.3. The number of thiazole rings is 1. The second-order valence-corrected chi connectivity index (χ2v) is 14.4. The molecule has 0 aliphatic carbocycles. The highest BCUT2D eigenvalue weighted by Crippen LogP contribution is 2.33. The number of hydrogen-bond acceptors (Lipinski definition) is 10. The summed E-state index contributed by atoms with van der Waals surface area (Å²) in [5.41, 5.74) is 4.31. The van der Waals surface area contributed by atoms with E-state index in [2.05, 4.69) is 15.5 Å². The largest absolute Gasteiger partial charge is 0.476 e. The first kappa shape index (κ1) is 36.1. The van der Waals surface area contributed by atoms with Crippen LogP contribution >= 0.6 is 11.3 Å². The van der Waals surface area contributed by atoms with Crippen LogP contribution in [0.2, 0.25) is 0 Å². The van der Waals surface area contributed by atoms with Gasteiger partial charge in [-0.15, -0.1) is 11.3 Å². The molecule has 1 aliphatic rings. The summed E-state index contributed by atoms with van der Waals surface area (Å²) in [4.78, 5) is 46.2. The molecule has 4 rings (SSSR count). The van der Waals surface area contributed by atoms with Crippen LogP contribution in [0, 0.1) is 12.8 Å². The predicted molar refractivity (Wildman–Crippen MR) is 179 cm³/mol. The third-order valence-electron chi connectivity index (χ3n) is 8.08. The van der Waals surface area contributed by atoms with Gasteiger partial charge < -0.3 is 29.3 Å². The Morgan fingerprint density at radius 1 is 1.13 bits per heavy atom. The number of carbonyl (C=O) groups is 3. The molecule has 256 valence electrons. The molecule has 47 heavy (non-hydrogen) atoms. The van der Waals surface area contributed by atoms with Crippen molar-refractivity contribution in [3.05, 3.63) is 52.9 Å². The maximum Gasteiger partial charge on any atom is 0.306 e. The van der Waals surface area contributed by atoms with Gasteiger partial charge >= 0.3 is 5.97 Å². The number of aliphatic hydroxyl groups is 1. The minimum absolute atomic E-state index is 0.0538. The van der Waals surface area contributed by atoms with E-state index < -0.39 is 23.7 Å². The molecular formula is C35H48N4O7S. The first-order valence-corrected chi connectivity index (χ1v) is 17.2. The topological polar surface area (TPSA) is 144 Å². The van der Waals surface area contributed by atoms with E-state index in [1.54, 1.807) is 17.4 Å². The van der Waals surface area contributed by atoms with Gasteiger partial charge in [0.1, 0.15) is 17.6 Å². The van der Waals surface area contributed by atoms with Crippen molar-refractivity contribution >= 4 is 29.1 Å². The number of rotatable bonds is 14. The number of nitrogens with zero attached hydrogens (tertiary/aromatic N) is 3. The third kappa shape index (κ3) is 9.87. The molecule has 2 aromatic heterocycles. The number of esters is 1. The third-order valence-corrected chi connectivity index (χ3v) is 9.06. The number of nitrogens with one attached hydrogen (secondary N) is 1. The zero-order valence-electron chi connectivity index (χ0n) is 28.4. The fraction of sp³-hybridized carbons (Fsp3) is 0.571. The van der Waals surface area contributed by atoms with E-state index in [0.29, 0.717) is 31.6 Å². The summed E-state index contributed by atoms with van der Waals surface area (Å²) in [7, 11) is 0. The lowest BCUT2D eigenvalue weighted by atomic mass is 9.91. The number of hydrogen-bond donors (Lipinski definition) is 2. The number of aliphatic hydroxyl groups excluding tert-OH is 1. The van der Waals surface area contributed by atoms with E-state index in [-0.39, 0.29) is 48.6 Å². The minimum Gasteiger partial charge on any atom is -0.476 e. The van der Waals surface area contributed by atoms with Gasteiger partial charge in [0.25, 0.3) is 5.88 Å². The summed E-state index contributed by atoms with van der Waals surface area (Å²) in [5.74, 6) is -1.11. The fourth-order valence-corrected chi connectivity index (χ4v) is 6.53. The van der Waals surface area contributed by atoms with Crippen molar-refractivity contribution in [3.8, 4) is 16.3 Å². The number of ether oxygens (including phenoxy) is 2. The molecule has 11 nitrogen and oxygen atoms in total. The molecule has 4 atom stereocenters. The van der Waals surface area contributed by atoms with Gasteiger partial charge in [-0.1, -0.05) is 38.1 Å². The molecule has 0 bridgehead atoms. The summed E-state index contributed by atoms with van der Waals surface area (Å²) >= 11 is 1.59. The molecule has 3 heterocycles. The molecule has 0 unspecified atom stereocenters. The maximum absolute atomic E-state index is 13.9. The van der Waals surface area contributed by atoms with Crippen LogP contribution in [-0.2, 0) is 19.1 Å². The highest BCUT2D eigenvalue weighted by atomic mass is 32.1. The van der Waals surface area contributed by atoms with E-state index in [0.717, 1.165) is 28.1 Å². The van der Waals surface area contributed by atoms with Crippen LogP contribution in [0.1, 0.15) is 103 Å². The number of carbonyl (C=O) groups excluding carboxylic acids is 3. The van der Waals surface area contributed by atoms with Gasteiger partial charge in [0.2, 0.25) is 11.8 Å². The first-order valence-electron chi connectivity index (χ1n) is 16.3. The van der Waals surface area contributed by atoms with E-state index in [1.165, 1.54) is 4.90 Å². The monoisotopic (exact) mass is 668 g/mol. The molecule has 0 saturated carbocycles. The lowest BCUT2D eigenvalue weighted by Gasteiger charge is -2.29. The van der Waals surface area contributed by atoms with Crippen LogP contribution < -0.4 is 10.1 Å². The summed E-state index contributed by atoms with van der Waals surface area (Å²) in [6.07, 6.45) is 1.89. The number of unbranched alkanes of at least 4 members (excludes halogenated alkanes) is 2. The average molecular weight is 669 g/mol. The number of aromatic nitrogens is 2. The lowest BCUT2D eigenvalue weighted by Crippen LogP contribution is -2.48. The van der Waals surface area contributed by atoms with Gasteiger partial charge in [0.15, 0.2) is 5.76 Å². The molecule has 12 heteroatoms. The Labute approximate surface area is 281 Å². The van der Waals surface area contributed by atoms with Crippen LogP contribution in [0.15, 0.2) is 40.4 Å². The van der Waals surface area contributed by atoms with Crippen LogP contribution in [-0.4, -0.2) is 68.8 Å². The second-order valence-electron chi connectivity index (χ2n) is 13.5. The Balaban J connectivity index is 1.32. The normalized spacial score (nSPS) is 17.9. The SMILES string of the molecule is Cc1ncsc1-c1ccc([C@H](C)NC(=O)[C@@H]2C[C@@H](O)CN2C(=O)[C@@H](c2cc(OCCCCCC(=O)OC(C)(C)C)no2)C(C)C)cc1. The van der Waals surface area contributed by atoms with E-state index >= 15 is 0 Å². The quantitative estimate of drug-likeness (QED) is 0.157. The van der Waals surface area contributed by atoms with Crippen molar-refractivity contribution in [3.63, 3.8) is 0 Å². The van der Waals surface area contributed by atoms with Crippen LogP contribution in [0.4, 0.5) is 0 Å². The number of likely N-dealkylation sites (tertiary alicyclic amines) is 1. The molecule has 2 amide bonds. The van der Waals surface area contributed by atoms with E-state index in [1.807, 2.05) is 78.2 Å². The second kappa shape index (κ2) is 15.9.